The van der Waals surface area contributed by atoms with Crippen LogP contribution in [-0.2, 0) is 6.54 Å². The third-order valence-electron chi connectivity index (χ3n) is 3.14. The van der Waals surface area contributed by atoms with Crippen LogP contribution in [0.5, 0.6) is 0 Å². The van der Waals surface area contributed by atoms with Gasteiger partial charge in [-0.1, -0.05) is 25.1 Å². The third-order valence-corrected chi connectivity index (χ3v) is 3.14. The van der Waals surface area contributed by atoms with Crippen LogP contribution in [0.2, 0.25) is 0 Å². The minimum Gasteiger partial charge on any atom is -0.361 e. The highest BCUT2D eigenvalue weighted by atomic mass is 14.9. The van der Waals surface area contributed by atoms with Crippen LogP contribution in [0.4, 0.5) is 0 Å². The Kier molecular flexibility index (Phi) is 4.18. The molecule has 0 saturated carbocycles. The molecule has 0 fully saturated rings. The summed E-state index contributed by atoms with van der Waals surface area (Å²) in [7, 11) is 0. The van der Waals surface area contributed by atoms with Gasteiger partial charge < -0.3 is 16.0 Å². The Hall–Kier alpha value is -1.32. The van der Waals surface area contributed by atoms with E-state index in [4.69, 9.17) is 5.73 Å². The highest BCUT2D eigenvalue weighted by molar-refractivity contribution is 5.82. The molecule has 0 aliphatic carbocycles. The quantitative estimate of drug-likeness (QED) is 0.714. The van der Waals surface area contributed by atoms with E-state index in [0.29, 0.717) is 5.92 Å². The van der Waals surface area contributed by atoms with Gasteiger partial charge in [-0.25, -0.2) is 0 Å². The number of rotatable bonds is 6. The van der Waals surface area contributed by atoms with Crippen molar-refractivity contribution < 1.29 is 0 Å². The Morgan fingerprint density at radius 3 is 3.00 bits per heavy atom. The smallest absolute Gasteiger partial charge is 0.0457 e. The molecule has 0 bridgehead atoms. The van der Waals surface area contributed by atoms with Crippen LogP contribution >= 0.6 is 0 Å². The van der Waals surface area contributed by atoms with E-state index in [1.54, 1.807) is 0 Å². The fourth-order valence-electron chi connectivity index (χ4n) is 2.12. The summed E-state index contributed by atoms with van der Waals surface area (Å²) < 4.78 is 0. The molecule has 2 aromatic rings. The van der Waals surface area contributed by atoms with Crippen molar-refractivity contribution in [1.82, 2.24) is 10.3 Å². The lowest BCUT2D eigenvalue weighted by Gasteiger charge is -2.10. The van der Waals surface area contributed by atoms with Crippen molar-refractivity contribution >= 4 is 10.9 Å². The SMILES string of the molecule is CC(CCN)CNCc1c[nH]c2ccccc12. The number of para-hydroxylation sites is 1. The van der Waals surface area contributed by atoms with Gasteiger partial charge in [0.05, 0.1) is 0 Å². The largest absolute Gasteiger partial charge is 0.361 e. The van der Waals surface area contributed by atoms with Gasteiger partial charge in [-0.15, -0.1) is 0 Å². The number of hydrogen-bond acceptors (Lipinski definition) is 2. The maximum atomic E-state index is 5.54. The van der Waals surface area contributed by atoms with Crippen molar-refractivity contribution in [2.45, 2.75) is 19.9 Å². The molecule has 1 aromatic heterocycles. The average molecular weight is 231 g/mol. The molecule has 1 atom stereocenters. The summed E-state index contributed by atoms with van der Waals surface area (Å²) >= 11 is 0. The standard InChI is InChI=1S/C14H21N3/c1-11(6-7-15)8-16-9-12-10-17-14-5-3-2-4-13(12)14/h2-5,10-11,16-17H,6-9,15H2,1H3. The minimum absolute atomic E-state index is 0.644. The fourth-order valence-corrected chi connectivity index (χ4v) is 2.12. The molecular weight excluding hydrogens is 210 g/mol. The fraction of sp³-hybridized carbons (Fsp3) is 0.429. The number of aromatic amines is 1. The molecule has 17 heavy (non-hydrogen) atoms. The van der Waals surface area contributed by atoms with Crippen molar-refractivity contribution in [3.63, 3.8) is 0 Å². The van der Waals surface area contributed by atoms with Gasteiger partial charge in [0.2, 0.25) is 0 Å². The van der Waals surface area contributed by atoms with Gasteiger partial charge in [-0.3, -0.25) is 0 Å². The van der Waals surface area contributed by atoms with Gasteiger partial charge in [0.15, 0.2) is 0 Å². The van der Waals surface area contributed by atoms with Crippen LogP contribution in [-0.4, -0.2) is 18.1 Å². The van der Waals surface area contributed by atoms with E-state index in [1.165, 1.54) is 16.5 Å². The van der Waals surface area contributed by atoms with Crippen molar-refractivity contribution in [2.75, 3.05) is 13.1 Å². The van der Waals surface area contributed by atoms with E-state index < -0.39 is 0 Å². The van der Waals surface area contributed by atoms with E-state index >= 15 is 0 Å². The van der Waals surface area contributed by atoms with Crippen molar-refractivity contribution in [3.05, 3.63) is 36.0 Å². The van der Waals surface area contributed by atoms with Crippen molar-refractivity contribution in [3.8, 4) is 0 Å². The Balaban J connectivity index is 1.91. The lowest BCUT2D eigenvalue weighted by Crippen LogP contribution is -2.22. The molecule has 0 spiro atoms. The number of fused-ring (bicyclic) bond motifs is 1. The van der Waals surface area contributed by atoms with Gasteiger partial charge in [0, 0.05) is 23.6 Å². The summed E-state index contributed by atoms with van der Waals surface area (Å²) in [6.45, 7) is 4.95. The predicted molar refractivity (Wildman–Crippen MR) is 72.8 cm³/mol. The summed E-state index contributed by atoms with van der Waals surface area (Å²) in [6.07, 6.45) is 3.17. The number of benzene rings is 1. The van der Waals surface area contributed by atoms with Crippen molar-refractivity contribution in [1.29, 1.82) is 0 Å². The van der Waals surface area contributed by atoms with E-state index in [9.17, 15) is 0 Å². The second kappa shape index (κ2) is 5.84. The number of nitrogens with one attached hydrogen (secondary N) is 2. The second-order valence-electron chi connectivity index (χ2n) is 4.67. The van der Waals surface area contributed by atoms with Gasteiger partial charge in [-0.2, -0.15) is 0 Å². The van der Waals surface area contributed by atoms with E-state index in [2.05, 4.69) is 47.7 Å². The van der Waals surface area contributed by atoms with Crippen LogP contribution in [0.25, 0.3) is 10.9 Å². The summed E-state index contributed by atoms with van der Waals surface area (Å²) in [5, 5.41) is 4.80. The molecule has 0 radical (unpaired) electrons. The lowest BCUT2D eigenvalue weighted by atomic mass is 10.1. The molecule has 1 unspecified atom stereocenters. The number of nitrogens with two attached hydrogens (primary N) is 1. The first-order valence-corrected chi connectivity index (χ1v) is 6.27. The normalized spacial score (nSPS) is 13.1. The Morgan fingerprint density at radius 2 is 2.18 bits per heavy atom. The monoisotopic (exact) mass is 231 g/mol. The minimum atomic E-state index is 0.644. The first kappa shape index (κ1) is 12.1. The first-order valence-electron chi connectivity index (χ1n) is 6.27. The van der Waals surface area contributed by atoms with Gasteiger partial charge in [-0.05, 0) is 37.1 Å². The van der Waals surface area contributed by atoms with Crippen molar-refractivity contribution in [2.24, 2.45) is 11.7 Å². The Labute approximate surface area is 102 Å². The average Bonchev–Trinajstić information content (AvgIpc) is 2.73. The summed E-state index contributed by atoms with van der Waals surface area (Å²) in [6, 6.07) is 8.40. The molecule has 0 amide bonds. The van der Waals surface area contributed by atoms with Crippen LogP contribution < -0.4 is 11.1 Å². The zero-order valence-electron chi connectivity index (χ0n) is 10.4. The predicted octanol–water partition coefficient (Wildman–Crippen LogP) is 2.24. The summed E-state index contributed by atoms with van der Waals surface area (Å²) in [4.78, 5) is 3.29. The molecule has 0 aliphatic heterocycles. The molecule has 1 aromatic carbocycles. The second-order valence-corrected chi connectivity index (χ2v) is 4.67. The van der Waals surface area contributed by atoms with Gasteiger partial charge in [0.1, 0.15) is 0 Å². The molecule has 3 heteroatoms. The van der Waals surface area contributed by atoms with E-state index in [1.807, 2.05) is 0 Å². The molecular formula is C14H21N3. The Morgan fingerprint density at radius 1 is 1.35 bits per heavy atom. The zero-order valence-corrected chi connectivity index (χ0v) is 10.4. The van der Waals surface area contributed by atoms with Gasteiger partial charge >= 0.3 is 0 Å². The molecule has 0 saturated heterocycles. The highest BCUT2D eigenvalue weighted by Gasteiger charge is 2.03. The van der Waals surface area contributed by atoms with Crippen LogP contribution in [0.15, 0.2) is 30.5 Å². The maximum absolute atomic E-state index is 5.54. The molecule has 2 rings (SSSR count). The molecule has 0 aliphatic rings. The summed E-state index contributed by atoms with van der Waals surface area (Å²) in [5.74, 6) is 0.644. The molecule has 3 nitrogen and oxygen atoms in total. The van der Waals surface area contributed by atoms with Crippen LogP contribution in [0.3, 0.4) is 0 Å². The topological polar surface area (TPSA) is 53.8 Å². The zero-order chi connectivity index (χ0) is 12.1. The molecule has 1 heterocycles. The number of H-pyrrole nitrogens is 1. The molecule has 4 N–H and O–H groups in total. The first-order chi connectivity index (χ1) is 8.31. The van der Waals surface area contributed by atoms with E-state index in [0.717, 1.165) is 26.1 Å². The molecule has 92 valence electrons. The van der Waals surface area contributed by atoms with Gasteiger partial charge in [0.25, 0.3) is 0 Å². The van der Waals surface area contributed by atoms with Crippen LogP contribution in [0.1, 0.15) is 18.9 Å². The van der Waals surface area contributed by atoms with E-state index in [-0.39, 0.29) is 0 Å². The third kappa shape index (κ3) is 3.08. The Bertz CT molecular complexity index is 461. The number of aromatic nitrogens is 1. The number of hydrogen-bond donors (Lipinski definition) is 3. The maximum Gasteiger partial charge on any atom is 0.0457 e. The highest BCUT2D eigenvalue weighted by Crippen LogP contribution is 2.17. The summed E-state index contributed by atoms with van der Waals surface area (Å²) in [5.41, 5.74) is 8.08. The van der Waals surface area contributed by atoms with Crippen LogP contribution in [0, 0.1) is 5.92 Å². The lowest BCUT2D eigenvalue weighted by molar-refractivity contribution is 0.487.